The molecule has 0 radical (unpaired) electrons. The predicted octanol–water partition coefficient (Wildman–Crippen LogP) is 1.98. The number of hydrogen-bond donors (Lipinski definition) is 0. The largest absolute Gasteiger partial charge is 0.373 e. The second-order valence-corrected chi connectivity index (χ2v) is 2.70. The van der Waals surface area contributed by atoms with Crippen molar-refractivity contribution in [3.63, 3.8) is 0 Å². The Kier molecular flexibility index (Phi) is 3.38. The van der Waals surface area contributed by atoms with Crippen LogP contribution in [0, 0.1) is 0 Å². The summed E-state index contributed by atoms with van der Waals surface area (Å²) in [4.78, 5) is 23.9. The first-order valence-corrected chi connectivity index (χ1v) is 4.05. The zero-order chi connectivity index (χ0) is 11.3. The fourth-order valence-electron chi connectivity index (χ4n) is 1.25. The van der Waals surface area contributed by atoms with Crippen molar-refractivity contribution in [1.82, 2.24) is 0 Å². The van der Waals surface area contributed by atoms with Crippen LogP contribution >= 0.6 is 0 Å². The van der Waals surface area contributed by atoms with E-state index >= 15 is 0 Å². The second kappa shape index (κ2) is 4.74. The van der Waals surface area contributed by atoms with Crippen molar-refractivity contribution < 1.29 is 9.59 Å². The molecule has 0 heterocycles. The van der Waals surface area contributed by atoms with Crippen molar-refractivity contribution >= 4 is 11.6 Å². The highest BCUT2D eigenvalue weighted by atomic mass is 16.1. The van der Waals surface area contributed by atoms with Crippen LogP contribution in [0.15, 0.2) is 47.6 Å². The van der Waals surface area contributed by atoms with Gasteiger partial charge < -0.3 is 11.1 Å². The number of rotatable bonds is 0. The lowest BCUT2D eigenvalue weighted by Crippen LogP contribution is -2.13. The highest BCUT2D eigenvalue weighted by Crippen LogP contribution is 2.21. The Morgan fingerprint density at radius 3 is 1.53 bits per heavy atom. The minimum absolute atomic E-state index is 0.0924. The predicted molar refractivity (Wildman–Crippen MR) is 54.5 cm³/mol. The number of ketones is 2. The minimum atomic E-state index is -0.0924. The maximum Gasteiger partial charge on any atom is 0.186 e. The lowest BCUT2D eigenvalue weighted by Gasteiger charge is -2.11. The molecule has 5 heteroatoms. The molecule has 0 saturated heterocycles. The minimum Gasteiger partial charge on any atom is -0.373 e. The third kappa shape index (κ3) is 2.30. The molecular weight excluding hydrogens is 194 g/mol. The monoisotopic (exact) mass is 200 g/mol. The van der Waals surface area contributed by atoms with Crippen LogP contribution in [0.4, 0.5) is 0 Å². The molecule has 0 bridgehead atoms. The maximum absolute atomic E-state index is 11.2. The first kappa shape index (κ1) is 10.7. The van der Waals surface area contributed by atoms with Gasteiger partial charge in [-0.3, -0.25) is 14.5 Å². The Morgan fingerprint density at radius 1 is 0.867 bits per heavy atom. The van der Waals surface area contributed by atoms with Crippen LogP contribution in [-0.4, -0.2) is 11.6 Å². The van der Waals surface area contributed by atoms with Crippen molar-refractivity contribution in [2.75, 3.05) is 0 Å². The van der Waals surface area contributed by atoms with Crippen LogP contribution in [0.1, 0.15) is 0 Å². The summed E-state index contributed by atoms with van der Waals surface area (Å²) in [5.74, 6) is -0.185. The van der Waals surface area contributed by atoms with Crippen LogP contribution in [0.5, 0.6) is 0 Å². The third-order valence-electron chi connectivity index (χ3n) is 1.84. The quantitative estimate of drug-likeness (QED) is 0.339. The number of nitrogens with zero attached hydrogens (tertiary/aromatic N) is 3. The fraction of sp³-hybridized carbons (Fsp3) is 0. The lowest BCUT2D eigenvalue weighted by molar-refractivity contribution is -0.114. The Balaban J connectivity index is 0.000000337. The summed E-state index contributed by atoms with van der Waals surface area (Å²) in [5.41, 5.74) is 14.5. The van der Waals surface area contributed by atoms with Crippen LogP contribution in [0.25, 0.3) is 16.0 Å². The molecule has 5 nitrogen and oxygen atoms in total. The Hall–Kier alpha value is -2.39. The fourth-order valence-corrected chi connectivity index (χ4v) is 1.25. The van der Waals surface area contributed by atoms with Gasteiger partial charge >= 0.3 is 0 Å². The summed E-state index contributed by atoms with van der Waals surface area (Å²) in [5, 5.41) is 0. The van der Waals surface area contributed by atoms with Gasteiger partial charge in [-0.05, 0) is 12.2 Å². The van der Waals surface area contributed by atoms with E-state index < -0.39 is 0 Å². The molecule has 2 rings (SSSR count). The average molecular weight is 200 g/mol. The zero-order valence-corrected chi connectivity index (χ0v) is 7.62. The average Bonchev–Trinajstić information content (AvgIpc) is 2.21. The molecule has 0 atom stereocenters. The van der Waals surface area contributed by atoms with E-state index in [-0.39, 0.29) is 11.6 Å². The molecule has 0 aromatic rings. The molecule has 0 aromatic heterocycles. The number of allylic oxidation sites excluding steroid dienone is 8. The van der Waals surface area contributed by atoms with Gasteiger partial charge in [0.2, 0.25) is 0 Å². The van der Waals surface area contributed by atoms with Gasteiger partial charge in [0.1, 0.15) is 0 Å². The van der Waals surface area contributed by atoms with E-state index in [0.717, 1.165) is 0 Å². The summed E-state index contributed by atoms with van der Waals surface area (Å²) in [7, 11) is 0. The molecule has 0 aromatic carbocycles. The van der Waals surface area contributed by atoms with E-state index in [0.29, 0.717) is 11.1 Å². The summed E-state index contributed by atoms with van der Waals surface area (Å²) in [6.45, 7) is 0. The van der Waals surface area contributed by atoms with Crippen molar-refractivity contribution in [2.45, 2.75) is 0 Å². The number of hydrogen-bond acceptors (Lipinski definition) is 2. The highest BCUT2D eigenvalue weighted by molar-refractivity contribution is 6.22. The summed E-state index contributed by atoms with van der Waals surface area (Å²) >= 11 is 0. The van der Waals surface area contributed by atoms with Crippen LogP contribution in [0.3, 0.4) is 0 Å². The van der Waals surface area contributed by atoms with Gasteiger partial charge in [-0.25, -0.2) is 0 Å². The number of carbonyl (C=O) groups excluding carboxylic acids is 2. The normalized spacial score (nSPS) is 16.8. The van der Waals surface area contributed by atoms with Crippen molar-refractivity contribution in [2.24, 2.45) is 0 Å². The van der Waals surface area contributed by atoms with E-state index in [4.69, 9.17) is 11.1 Å². The lowest BCUT2D eigenvalue weighted by atomic mass is 9.90. The Labute approximate surface area is 85.5 Å². The first-order valence-electron chi connectivity index (χ1n) is 4.05. The molecule has 0 fully saturated rings. The number of carbonyl (C=O) groups is 2. The number of fused-ring (bicyclic) bond motifs is 1. The van der Waals surface area contributed by atoms with Crippen molar-refractivity contribution in [1.29, 1.82) is 0 Å². The maximum atomic E-state index is 11.2. The zero-order valence-electron chi connectivity index (χ0n) is 7.62. The molecule has 2 aliphatic carbocycles. The van der Waals surface area contributed by atoms with Gasteiger partial charge in [0.05, 0.1) is 0 Å². The molecular formula is C10H6N3O2-. The van der Waals surface area contributed by atoms with Crippen molar-refractivity contribution in [3.05, 3.63) is 63.6 Å². The molecule has 0 amide bonds. The molecule has 0 N–H and O–H groups in total. The van der Waals surface area contributed by atoms with E-state index in [1.54, 1.807) is 24.3 Å². The van der Waals surface area contributed by atoms with E-state index in [9.17, 15) is 9.59 Å². The van der Waals surface area contributed by atoms with Crippen molar-refractivity contribution in [3.8, 4) is 0 Å². The Bertz CT molecular complexity index is 423. The van der Waals surface area contributed by atoms with Gasteiger partial charge in [0.15, 0.2) is 11.6 Å². The third-order valence-corrected chi connectivity index (χ3v) is 1.84. The highest BCUT2D eigenvalue weighted by Gasteiger charge is 2.20. The van der Waals surface area contributed by atoms with E-state index in [1.165, 1.54) is 17.1 Å². The van der Waals surface area contributed by atoms with Crippen LogP contribution < -0.4 is 0 Å². The van der Waals surface area contributed by atoms with E-state index in [1.807, 2.05) is 0 Å². The summed E-state index contributed by atoms with van der Waals surface area (Å²) < 4.78 is 0. The summed E-state index contributed by atoms with van der Waals surface area (Å²) in [6.07, 6.45) is 9.46. The van der Waals surface area contributed by atoms with E-state index in [2.05, 4.69) is 0 Å². The standard InChI is InChI=1S/C10H6O2.N3/c11-9-5-1-3-7-8(9)4-2-6-10(7)12;1-3-2/h1-6H;/q;-1. The molecule has 2 aliphatic rings. The second-order valence-electron chi connectivity index (χ2n) is 2.70. The molecule has 0 aliphatic heterocycles. The van der Waals surface area contributed by atoms with Gasteiger partial charge in [-0.2, -0.15) is 0 Å². The SMILES string of the molecule is O=C1C=CC=C2C(=O)C=CC=C12.[N-]=[N+]=[N-]. The molecule has 0 spiro atoms. The molecule has 74 valence electrons. The molecule has 15 heavy (non-hydrogen) atoms. The van der Waals surface area contributed by atoms with Gasteiger partial charge in [-0.15, -0.1) is 0 Å². The van der Waals surface area contributed by atoms with Gasteiger partial charge in [-0.1, -0.05) is 24.3 Å². The van der Waals surface area contributed by atoms with Gasteiger partial charge in [0, 0.05) is 11.1 Å². The van der Waals surface area contributed by atoms with Crippen LogP contribution in [0.2, 0.25) is 0 Å². The van der Waals surface area contributed by atoms with Gasteiger partial charge in [0.25, 0.3) is 0 Å². The summed E-state index contributed by atoms with van der Waals surface area (Å²) in [6, 6.07) is 0. The topological polar surface area (TPSA) is 92.8 Å². The smallest absolute Gasteiger partial charge is 0.186 e. The Morgan fingerprint density at radius 2 is 1.20 bits per heavy atom. The molecule has 0 saturated carbocycles. The van der Waals surface area contributed by atoms with Crippen LogP contribution in [-0.2, 0) is 9.59 Å². The first-order chi connectivity index (χ1) is 7.20. The molecule has 0 unspecified atom stereocenters.